The van der Waals surface area contributed by atoms with E-state index in [1.54, 1.807) is 18.2 Å². The van der Waals surface area contributed by atoms with Gasteiger partial charge >= 0.3 is 0 Å². The molecule has 2 aromatic rings. The average molecular weight is 265 g/mol. The number of halogens is 1. The van der Waals surface area contributed by atoms with Gasteiger partial charge in [0.15, 0.2) is 0 Å². The van der Waals surface area contributed by atoms with Gasteiger partial charge in [0.25, 0.3) is 11.8 Å². The van der Waals surface area contributed by atoms with Crippen molar-refractivity contribution in [1.29, 1.82) is 0 Å². The maximum atomic E-state index is 5.94. The summed E-state index contributed by atoms with van der Waals surface area (Å²) in [5, 5.41) is 4.58. The molecule has 0 spiro atoms. The van der Waals surface area contributed by atoms with Gasteiger partial charge in [0.05, 0.1) is 5.56 Å². The molecule has 0 aliphatic carbocycles. The molecule has 2 N–H and O–H groups in total. The zero-order valence-corrected chi connectivity index (χ0v) is 10.5. The van der Waals surface area contributed by atoms with Crippen LogP contribution < -0.4 is 10.6 Å². The fourth-order valence-electron chi connectivity index (χ4n) is 2.08. The van der Waals surface area contributed by atoms with Crippen LogP contribution in [0.5, 0.6) is 0 Å². The summed E-state index contributed by atoms with van der Waals surface area (Å²) in [5.41, 5.74) is 7.14. The number of hydrogen-bond acceptors (Lipinski definition) is 5. The second-order valence-corrected chi connectivity index (χ2v) is 4.76. The van der Waals surface area contributed by atoms with Crippen LogP contribution in [0.3, 0.4) is 0 Å². The first-order valence-electron chi connectivity index (χ1n) is 5.88. The smallest absolute Gasteiger partial charge is 0.266 e. The molecule has 0 unspecified atom stereocenters. The van der Waals surface area contributed by atoms with Crippen LogP contribution in [0.2, 0.25) is 5.02 Å². The Hall–Kier alpha value is -1.75. The quantitative estimate of drug-likeness (QED) is 0.845. The number of nitrogens with zero attached hydrogens (tertiary/aromatic N) is 3. The van der Waals surface area contributed by atoms with Crippen molar-refractivity contribution in [2.45, 2.75) is 12.8 Å². The first-order chi connectivity index (χ1) is 8.74. The van der Waals surface area contributed by atoms with E-state index in [0.29, 0.717) is 28.1 Å². The lowest BCUT2D eigenvalue weighted by molar-refractivity contribution is 0.430. The van der Waals surface area contributed by atoms with Crippen LogP contribution in [-0.2, 0) is 0 Å². The molecular formula is C12H13ClN4O. The van der Waals surface area contributed by atoms with Crippen molar-refractivity contribution < 1.29 is 4.52 Å². The van der Waals surface area contributed by atoms with Gasteiger partial charge in [-0.3, -0.25) is 0 Å². The van der Waals surface area contributed by atoms with Crippen molar-refractivity contribution in [3.8, 4) is 11.5 Å². The number of anilines is 2. The molecule has 0 atom stereocenters. The first-order valence-corrected chi connectivity index (χ1v) is 6.26. The molecule has 1 saturated heterocycles. The highest BCUT2D eigenvalue weighted by Crippen LogP contribution is 2.29. The second-order valence-electron chi connectivity index (χ2n) is 4.33. The van der Waals surface area contributed by atoms with Gasteiger partial charge in [-0.25, -0.2) is 0 Å². The number of nitrogens with two attached hydrogens (primary N) is 1. The Morgan fingerprint density at radius 3 is 2.83 bits per heavy atom. The molecule has 18 heavy (non-hydrogen) atoms. The largest absolute Gasteiger partial charge is 0.398 e. The second kappa shape index (κ2) is 4.49. The third-order valence-corrected chi connectivity index (χ3v) is 3.29. The Morgan fingerprint density at radius 1 is 1.28 bits per heavy atom. The van der Waals surface area contributed by atoms with E-state index in [9.17, 15) is 0 Å². The summed E-state index contributed by atoms with van der Waals surface area (Å²) in [7, 11) is 0. The maximum Gasteiger partial charge on any atom is 0.266 e. The van der Waals surface area contributed by atoms with Crippen LogP contribution in [0.25, 0.3) is 11.5 Å². The molecule has 6 heteroatoms. The van der Waals surface area contributed by atoms with E-state index in [1.807, 2.05) is 0 Å². The summed E-state index contributed by atoms with van der Waals surface area (Å²) in [6.45, 7) is 1.95. The molecule has 0 saturated carbocycles. The van der Waals surface area contributed by atoms with Crippen LogP contribution in [0, 0.1) is 0 Å². The summed E-state index contributed by atoms with van der Waals surface area (Å²) >= 11 is 5.94. The summed E-state index contributed by atoms with van der Waals surface area (Å²) in [5.74, 6) is 1.04. The van der Waals surface area contributed by atoms with Crippen LogP contribution in [0.4, 0.5) is 11.6 Å². The lowest BCUT2D eigenvalue weighted by Gasteiger charge is -2.09. The van der Waals surface area contributed by atoms with Crippen molar-refractivity contribution in [3.63, 3.8) is 0 Å². The molecule has 1 aliphatic heterocycles. The van der Waals surface area contributed by atoms with Crippen molar-refractivity contribution in [2.24, 2.45) is 0 Å². The monoisotopic (exact) mass is 264 g/mol. The van der Waals surface area contributed by atoms with E-state index in [1.165, 1.54) is 12.8 Å². The van der Waals surface area contributed by atoms with Gasteiger partial charge < -0.3 is 15.2 Å². The van der Waals surface area contributed by atoms with E-state index < -0.39 is 0 Å². The number of hydrogen-bond donors (Lipinski definition) is 1. The van der Waals surface area contributed by atoms with Crippen molar-refractivity contribution in [1.82, 2.24) is 10.1 Å². The molecule has 1 aromatic carbocycles. The van der Waals surface area contributed by atoms with Gasteiger partial charge in [-0.2, -0.15) is 4.98 Å². The van der Waals surface area contributed by atoms with Crippen molar-refractivity contribution in [2.75, 3.05) is 23.7 Å². The Balaban J connectivity index is 1.94. The summed E-state index contributed by atoms with van der Waals surface area (Å²) < 4.78 is 5.26. The van der Waals surface area contributed by atoms with Gasteiger partial charge in [0.1, 0.15) is 0 Å². The highest BCUT2D eigenvalue weighted by molar-refractivity contribution is 6.31. The molecule has 2 heterocycles. The Bertz CT molecular complexity index is 563. The normalized spacial score (nSPS) is 15.3. The average Bonchev–Trinajstić information content (AvgIpc) is 3.00. The highest BCUT2D eigenvalue weighted by Gasteiger charge is 2.19. The Labute approximate surface area is 110 Å². The third-order valence-electron chi connectivity index (χ3n) is 3.05. The lowest BCUT2D eigenvalue weighted by atomic mass is 10.2. The number of nitrogen functional groups attached to an aromatic ring is 1. The molecule has 0 bridgehead atoms. The van der Waals surface area contributed by atoms with Gasteiger partial charge in [0, 0.05) is 23.8 Å². The zero-order chi connectivity index (χ0) is 12.5. The number of aromatic nitrogens is 2. The minimum absolute atomic E-state index is 0.414. The fraction of sp³-hybridized carbons (Fsp3) is 0.333. The lowest BCUT2D eigenvalue weighted by Crippen LogP contribution is -2.18. The van der Waals surface area contributed by atoms with Crippen LogP contribution >= 0.6 is 11.6 Å². The Kier molecular flexibility index (Phi) is 2.83. The van der Waals surface area contributed by atoms with Crippen molar-refractivity contribution in [3.05, 3.63) is 23.2 Å². The molecule has 94 valence electrons. The van der Waals surface area contributed by atoms with E-state index in [2.05, 4.69) is 15.0 Å². The SMILES string of the molecule is Nc1ccc(Cl)cc1-c1nc(N2CCCC2)no1. The topological polar surface area (TPSA) is 68.2 Å². The minimum atomic E-state index is 0.414. The van der Waals surface area contributed by atoms with E-state index in [4.69, 9.17) is 21.9 Å². The van der Waals surface area contributed by atoms with Gasteiger partial charge in [-0.1, -0.05) is 11.6 Å². The van der Waals surface area contributed by atoms with E-state index in [0.717, 1.165) is 13.1 Å². The predicted octanol–water partition coefficient (Wildman–Crippen LogP) is 2.57. The van der Waals surface area contributed by atoms with Gasteiger partial charge in [0.2, 0.25) is 0 Å². The van der Waals surface area contributed by atoms with Crippen molar-refractivity contribution >= 4 is 23.2 Å². The Morgan fingerprint density at radius 2 is 2.06 bits per heavy atom. The maximum absolute atomic E-state index is 5.94. The van der Waals surface area contributed by atoms with Crippen LogP contribution in [0.15, 0.2) is 22.7 Å². The van der Waals surface area contributed by atoms with Gasteiger partial charge in [-0.15, -0.1) is 0 Å². The third kappa shape index (κ3) is 2.01. The van der Waals surface area contributed by atoms with Gasteiger partial charge in [-0.05, 0) is 36.2 Å². The highest BCUT2D eigenvalue weighted by atomic mass is 35.5. The summed E-state index contributed by atoms with van der Waals surface area (Å²) in [6, 6.07) is 5.20. The van der Waals surface area contributed by atoms with E-state index in [-0.39, 0.29) is 0 Å². The molecule has 1 fully saturated rings. The molecule has 0 radical (unpaired) electrons. The number of benzene rings is 1. The first kappa shape index (κ1) is 11.3. The minimum Gasteiger partial charge on any atom is -0.398 e. The van der Waals surface area contributed by atoms with Crippen LogP contribution in [-0.4, -0.2) is 23.2 Å². The van der Waals surface area contributed by atoms with E-state index >= 15 is 0 Å². The zero-order valence-electron chi connectivity index (χ0n) is 9.77. The molecular weight excluding hydrogens is 252 g/mol. The molecule has 3 rings (SSSR count). The summed E-state index contributed by atoms with van der Waals surface area (Å²) in [6.07, 6.45) is 2.34. The van der Waals surface area contributed by atoms with Crippen LogP contribution in [0.1, 0.15) is 12.8 Å². The molecule has 5 nitrogen and oxygen atoms in total. The fourth-order valence-corrected chi connectivity index (χ4v) is 2.26. The standard InChI is InChI=1S/C12H13ClN4O/c13-8-3-4-10(14)9(7-8)11-15-12(16-18-11)17-5-1-2-6-17/h3-4,7H,1-2,5-6,14H2. The molecule has 1 aromatic heterocycles. The summed E-state index contributed by atoms with van der Waals surface area (Å²) in [4.78, 5) is 6.48. The molecule has 1 aliphatic rings. The number of rotatable bonds is 2. The molecule has 0 amide bonds. The predicted molar refractivity (Wildman–Crippen MR) is 70.6 cm³/mol.